The number of methoxy groups -OCH3 is 2. The highest BCUT2D eigenvalue weighted by molar-refractivity contribution is 8.00. The lowest BCUT2D eigenvalue weighted by atomic mass is 10.0. The highest BCUT2D eigenvalue weighted by atomic mass is 32.2. The molecule has 0 aliphatic carbocycles. The first-order valence-corrected chi connectivity index (χ1v) is 11.3. The fourth-order valence-electron chi connectivity index (χ4n) is 3.33. The van der Waals surface area contributed by atoms with E-state index in [4.69, 9.17) is 13.9 Å². The fourth-order valence-corrected chi connectivity index (χ4v) is 4.28. The van der Waals surface area contributed by atoms with Gasteiger partial charge in [0.1, 0.15) is 16.7 Å². The summed E-state index contributed by atoms with van der Waals surface area (Å²) in [5.41, 5.74) is 4.38. The summed E-state index contributed by atoms with van der Waals surface area (Å²) in [4.78, 5) is 13.4. The van der Waals surface area contributed by atoms with Crippen LogP contribution >= 0.6 is 11.8 Å². The number of thioether (sulfide) groups is 1. The van der Waals surface area contributed by atoms with Crippen LogP contribution in [0, 0.1) is 13.8 Å². The van der Waals surface area contributed by atoms with Gasteiger partial charge in [0, 0.05) is 11.6 Å². The van der Waals surface area contributed by atoms with Gasteiger partial charge in [0.25, 0.3) is 11.1 Å². The zero-order valence-corrected chi connectivity index (χ0v) is 19.7. The SMILES string of the molecule is COc1ccc(-c2nnc(SC(C(=O)c3ccc(C)cc3)c3ccc(C)cc3)o2)c(OC)c1. The first-order chi connectivity index (χ1) is 16.0. The number of nitrogens with zero attached hydrogens (tertiary/aromatic N) is 2. The van der Waals surface area contributed by atoms with Crippen molar-refractivity contribution in [1.29, 1.82) is 0 Å². The summed E-state index contributed by atoms with van der Waals surface area (Å²) in [5.74, 6) is 1.50. The molecule has 3 aromatic carbocycles. The smallest absolute Gasteiger partial charge is 0.277 e. The lowest BCUT2D eigenvalue weighted by Crippen LogP contribution is -2.10. The summed E-state index contributed by atoms with van der Waals surface area (Å²) in [6, 6.07) is 20.8. The van der Waals surface area contributed by atoms with E-state index in [-0.39, 0.29) is 5.78 Å². The van der Waals surface area contributed by atoms with Crippen molar-refractivity contribution in [2.75, 3.05) is 14.2 Å². The maximum atomic E-state index is 13.4. The Kier molecular flexibility index (Phi) is 6.79. The number of Topliss-reactive ketones (excluding diaryl/α,β-unsaturated/α-hetero) is 1. The van der Waals surface area contributed by atoms with Crippen molar-refractivity contribution in [3.05, 3.63) is 89.0 Å². The second-order valence-corrected chi connectivity index (χ2v) is 8.63. The standard InChI is InChI=1S/C26H24N2O4S/c1-16-5-9-18(10-6-16)23(29)24(19-11-7-17(2)8-12-19)33-26-28-27-25(32-26)21-14-13-20(30-3)15-22(21)31-4/h5-15,24H,1-4H3. The number of aryl methyl sites for hydroxylation is 2. The van der Waals surface area contributed by atoms with Crippen LogP contribution in [0.1, 0.15) is 32.3 Å². The molecule has 33 heavy (non-hydrogen) atoms. The molecule has 7 heteroatoms. The van der Waals surface area contributed by atoms with E-state index in [0.29, 0.717) is 33.7 Å². The molecule has 0 bridgehead atoms. The second-order valence-electron chi connectivity index (χ2n) is 7.58. The van der Waals surface area contributed by atoms with Crippen LogP contribution in [0.25, 0.3) is 11.5 Å². The maximum Gasteiger partial charge on any atom is 0.277 e. The van der Waals surface area contributed by atoms with Crippen molar-refractivity contribution < 1.29 is 18.7 Å². The molecule has 0 spiro atoms. The van der Waals surface area contributed by atoms with Gasteiger partial charge in [0.15, 0.2) is 5.78 Å². The molecule has 1 atom stereocenters. The molecular weight excluding hydrogens is 436 g/mol. The van der Waals surface area contributed by atoms with Gasteiger partial charge >= 0.3 is 0 Å². The minimum Gasteiger partial charge on any atom is -0.497 e. The number of aromatic nitrogens is 2. The van der Waals surface area contributed by atoms with E-state index in [1.165, 1.54) is 11.8 Å². The molecule has 0 aliphatic rings. The van der Waals surface area contributed by atoms with Crippen molar-refractivity contribution in [3.8, 4) is 23.0 Å². The van der Waals surface area contributed by atoms with Gasteiger partial charge in [-0.05, 0) is 43.3 Å². The highest BCUT2D eigenvalue weighted by Gasteiger charge is 2.26. The molecule has 168 valence electrons. The van der Waals surface area contributed by atoms with E-state index in [1.807, 2.05) is 62.4 Å². The third-order valence-corrected chi connectivity index (χ3v) is 6.31. The summed E-state index contributed by atoms with van der Waals surface area (Å²) in [6.07, 6.45) is 0. The van der Waals surface area contributed by atoms with Gasteiger partial charge in [-0.1, -0.05) is 59.7 Å². The van der Waals surface area contributed by atoms with Crippen molar-refractivity contribution in [1.82, 2.24) is 10.2 Å². The number of rotatable bonds is 8. The molecule has 0 amide bonds. The lowest BCUT2D eigenvalue weighted by molar-refractivity contribution is 0.0989. The average molecular weight is 461 g/mol. The van der Waals surface area contributed by atoms with Crippen molar-refractivity contribution >= 4 is 17.5 Å². The number of hydrogen-bond donors (Lipinski definition) is 0. The largest absolute Gasteiger partial charge is 0.497 e. The molecule has 0 fully saturated rings. The van der Waals surface area contributed by atoms with Crippen molar-refractivity contribution in [2.24, 2.45) is 0 Å². The van der Waals surface area contributed by atoms with Crippen LogP contribution in [-0.2, 0) is 0 Å². The van der Waals surface area contributed by atoms with Crippen LogP contribution in [0.2, 0.25) is 0 Å². The normalized spacial score (nSPS) is 11.8. The minimum absolute atomic E-state index is 0.0226. The van der Waals surface area contributed by atoms with Gasteiger partial charge in [-0.15, -0.1) is 10.2 Å². The third-order valence-electron chi connectivity index (χ3n) is 5.22. The zero-order valence-electron chi connectivity index (χ0n) is 18.9. The van der Waals surface area contributed by atoms with E-state index in [9.17, 15) is 4.79 Å². The summed E-state index contributed by atoms with van der Waals surface area (Å²) < 4.78 is 16.6. The monoisotopic (exact) mass is 460 g/mol. The molecule has 4 aromatic rings. The fraction of sp³-hybridized carbons (Fsp3) is 0.192. The summed E-state index contributed by atoms with van der Waals surface area (Å²) in [5, 5.41) is 8.15. The highest BCUT2D eigenvalue weighted by Crippen LogP contribution is 2.39. The Hall–Kier alpha value is -3.58. The summed E-state index contributed by atoms with van der Waals surface area (Å²) in [7, 11) is 3.16. The number of carbonyl (C=O) groups excluding carboxylic acids is 1. The molecule has 0 aliphatic heterocycles. The van der Waals surface area contributed by atoms with Crippen LogP contribution in [0.15, 0.2) is 76.4 Å². The molecule has 4 rings (SSSR count). The quantitative estimate of drug-likeness (QED) is 0.233. The molecule has 1 heterocycles. The van der Waals surface area contributed by atoms with Crippen LogP contribution in [0.3, 0.4) is 0 Å². The molecule has 0 radical (unpaired) electrons. The maximum absolute atomic E-state index is 13.4. The van der Waals surface area contributed by atoms with Gasteiger partial charge in [0.2, 0.25) is 0 Å². The predicted octanol–water partition coefficient (Wildman–Crippen LogP) is 6.09. The number of benzene rings is 3. The molecule has 6 nitrogen and oxygen atoms in total. The molecule has 1 aromatic heterocycles. The second kappa shape index (κ2) is 9.92. The molecule has 1 unspecified atom stereocenters. The number of hydrogen-bond acceptors (Lipinski definition) is 7. The first-order valence-electron chi connectivity index (χ1n) is 10.4. The van der Waals surface area contributed by atoms with Crippen molar-refractivity contribution in [2.45, 2.75) is 24.3 Å². The zero-order chi connectivity index (χ0) is 23.4. The van der Waals surface area contributed by atoms with Gasteiger partial charge in [-0.25, -0.2) is 0 Å². The average Bonchev–Trinajstić information content (AvgIpc) is 3.31. The Labute approximate surface area is 197 Å². The topological polar surface area (TPSA) is 74.5 Å². The van der Waals surface area contributed by atoms with E-state index in [2.05, 4.69) is 10.2 Å². The van der Waals surface area contributed by atoms with Gasteiger partial charge < -0.3 is 13.9 Å². The Morgan fingerprint density at radius 1 is 0.879 bits per heavy atom. The first kappa shape index (κ1) is 22.6. The van der Waals surface area contributed by atoms with E-state index >= 15 is 0 Å². The molecule has 0 saturated heterocycles. The van der Waals surface area contributed by atoms with Gasteiger partial charge in [-0.2, -0.15) is 0 Å². The summed E-state index contributed by atoms with van der Waals surface area (Å²) in [6.45, 7) is 4.01. The molecule has 0 saturated carbocycles. The van der Waals surface area contributed by atoms with E-state index < -0.39 is 5.25 Å². The Balaban J connectivity index is 1.66. The van der Waals surface area contributed by atoms with Crippen LogP contribution in [-0.4, -0.2) is 30.2 Å². The van der Waals surface area contributed by atoms with Crippen LogP contribution in [0.5, 0.6) is 11.5 Å². The summed E-state index contributed by atoms with van der Waals surface area (Å²) >= 11 is 1.24. The van der Waals surface area contributed by atoms with Crippen LogP contribution in [0.4, 0.5) is 0 Å². The molecule has 0 N–H and O–H groups in total. The Morgan fingerprint density at radius 2 is 1.55 bits per heavy atom. The predicted molar refractivity (Wildman–Crippen MR) is 128 cm³/mol. The molecular formula is C26H24N2O4S. The Morgan fingerprint density at radius 3 is 2.18 bits per heavy atom. The lowest BCUT2D eigenvalue weighted by Gasteiger charge is -2.14. The van der Waals surface area contributed by atoms with Crippen LogP contribution < -0.4 is 9.47 Å². The minimum atomic E-state index is -0.528. The number of carbonyl (C=O) groups is 1. The Bertz CT molecular complexity index is 1250. The number of ketones is 1. The number of ether oxygens (including phenoxy) is 2. The van der Waals surface area contributed by atoms with E-state index in [1.54, 1.807) is 32.4 Å². The van der Waals surface area contributed by atoms with Crippen molar-refractivity contribution in [3.63, 3.8) is 0 Å². The third kappa shape index (κ3) is 5.09. The van der Waals surface area contributed by atoms with E-state index in [0.717, 1.165) is 16.7 Å². The van der Waals surface area contributed by atoms with Gasteiger partial charge in [-0.3, -0.25) is 4.79 Å². The van der Waals surface area contributed by atoms with Gasteiger partial charge in [0.05, 0.1) is 19.8 Å².